The number of piperidine rings is 1. The Morgan fingerprint density at radius 2 is 1.81 bits per heavy atom. The van der Waals surface area contributed by atoms with Crippen LogP contribution in [0.3, 0.4) is 0 Å². The Labute approximate surface area is 132 Å². The van der Waals surface area contributed by atoms with E-state index >= 15 is 0 Å². The van der Waals surface area contributed by atoms with Crippen molar-refractivity contribution in [3.8, 4) is 0 Å². The zero-order chi connectivity index (χ0) is 14.9. The van der Waals surface area contributed by atoms with Gasteiger partial charge in [-0.15, -0.1) is 0 Å². The zero-order valence-corrected chi connectivity index (χ0v) is 14.5. The fourth-order valence-electron chi connectivity index (χ4n) is 5.63. The number of likely N-dealkylation sites (tertiary alicyclic amines) is 1. The molecule has 4 unspecified atom stereocenters. The highest BCUT2D eigenvalue weighted by Gasteiger charge is 2.43. The van der Waals surface area contributed by atoms with E-state index < -0.39 is 0 Å². The Balaban J connectivity index is 1.64. The van der Waals surface area contributed by atoms with Crippen LogP contribution in [0.4, 0.5) is 0 Å². The maximum atomic E-state index is 3.82. The number of nitrogens with zero attached hydrogens (tertiary/aromatic N) is 1. The maximum Gasteiger partial charge on any atom is 0.0159 e. The number of hydrogen-bond donors (Lipinski definition) is 1. The molecule has 0 aromatic rings. The predicted molar refractivity (Wildman–Crippen MR) is 90.5 cm³/mol. The Morgan fingerprint density at radius 1 is 1.05 bits per heavy atom. The first kappa shape index (κ1) is 15.8. The molecule has 0 aromatic heterocycles. The number of nitrogens with one attached hydrogen (secondary N) is 1. The molecule has 3 aliphatic rings. The molecule has 0 amide bonds. The quantitative estimate of drug-likeness (QED) is 0.841. The fraction of sp³-hybridized carbons (Fsp3) is 1.00. The van der Waals surface area contributed by atoms with Crippen molar-refractivity contribution in [3.63, 3.8) is 0 Å². The molecule has 1 saturated heterocycles. The number of fused-ring (bicyclic) bond motifs is 1. The van der Waals surface area contributed by atoms with E-state index in [0.717, 1.165) is 30.5 Å². The molecule has 4 atom stereocenters. The van der Waals surface area contributed by atoms with Crippen LogP contribution < -0.4 is 5.32 Å². The van der Waals surface area contributed by atoms with E-state index in [2.05, 4.69) is 31.0 Å². The third-order valence-electron chi connectivity index (χ3n) is 6.72. The van der Waals surface area contributed by atoms with Crippen LogP contribution in [0.2, 0.25) is 0 Å². The van der Waals surface area contributed by atoms with Crippen molar-refractivity contribution in [2.45, 2.75) is 84.2 Å². The van der Waals surface area contributed by atoms with E-state index in [-0.39, 0.29) is 0 Å². The average Bonchev–Trinajstić information content (AvgIpc) is 2.76. The molecule has 2 saturated carbocycles. The first-order chi connectivity index (χ1) is 10.1. The number of rotatable bonds is 4. The Hall–Kier alpha value is -0.0800. The van der Waals surface area contributed by atoms with Gasteiger partial charge in [-0.05, 0) is 68.9 Å². The van der Waals surface area contributed by atoms with E-state index in [1.807, 2.05) is 0 Å². The van der Waals surface area contributed by atoms with Crippen molar-refractivity contribution in [2.75, 3.05) is 19.6 Å². The van der Waals surface area contributed by atoms with Crippen molar-refractivity contribution in [2.24, 2.45) is 17.3 Å². The standard InChI is InChI=1S/C19H36N2/c1-4-20-18-16(11-12-19(18,2)3)14-21-13-7-9-15-8-5-6-10-17(15)21/h15-18,20H,4-14H2,1-3H3. The smallest absolute Gasteiger partial charge is 0.0159 e. The van der Waals surface area contributed by atoms with Gasteiger partial charge < -0.3 is 5.32 Å². The second kappa shape index (κ2) is 6.58. The molecule has 0 spiro atoms. The minimum absolute atomic E-state index is 0.489. The third kappa shape index (κ3) is 3.32. The van der Waals surface area contributed by atoms with Gasteiger partial charge in [-0.1, -0.05) is 33.6 Å². The zero-order valence-electron chi connectivity index (χ0n) is 14.5. The summed E-state index contributed by atoms with van der Waals surface area (Å²) in [6.45, 7) is 11.1. The summed E-state index contributed by atoms with van der Waals surface area (Å²) in [4.78, 5) is 2.91. The van der Waals surface area contributed by atoms with Gasteiger partial charge in [0.15, 0.2) is 0 Å². The molecular weight excluding hydrogens is 256 g/mol. The lowest BCUT2D eigenvalue weighted by Gasteiger charge is -2.46. The molecule has 1 heterocycles. The largest absolute Gasteiger partial charge is 0.313 e. The van der Waals surface area contributed by atoms with Gasteiger partial charge in [0.1, 0.15) is 0 Å². The van der Waals surface area contributed by atoms with Crippen LogP contribution in [0.15, 0.2) is 0 Å². The molecule has 2 nitrogen and oxygen atoms in total. The second-order valence-corrected chi connectivity index (χ2v) is 8.57. The minimum Gasteiger partial charge on any atom is -0.313 e. The summed E-state index contributed by atoms with van der Waals surface area (Å²) in [6.07, 6.45) is 11.7. The first-order valence-corrected chi connectivity index (χ1v) is 9.59. The minimum atomic E-state index is 0.489. The van der Waals surface area contributed by atoms with Gasteiger partial charge in [0.25, 0.3) is 0 Å². The molecule has 0 radical (unpaired) electrons. The molecule has 0 aromatic carbocycles. The van der Waals surface area contributed by atoms with Gasteiger partial charge in [0, 0.05) is 18.6 Å². The second-order valence-electron chi connectivity index (χ2n) is 8.57. The van der Waals surface area contributed by atoms with E-state index in [1.165, 1.54) is 64.5 Å². The highest BCUT2D eigenvalue weighted by Crippen LogP contribution is 2.43. The molecule has 1 N–H and O–H groups in total. The lowest BCUT2D eigenvalue weighted by atomic mass is 9.77. The summed E-state index contributed by atoms with van der Waals surface area (Å²) in [5.74, 6) is 1.90. The summed E-state index contributed by atoms with van der Waals surface area (Å²) in [7, 11) is 0. The average molecular weight is 293 g/mol. The monoisotopic (exact) mass is 292 g/mol. The van der Waals surface area contributed by atoms with E-state index in [1.54, 1.807) is 0 Å². The SMILES string of the molecule is CCNC1C(CN2CCCC3CCCCC32)CCC1(C)C. The van der Waals surface area contributed by atoms with Crippen LogP contribution in [0.25, 0.3) is 0 Å². The lowest BCUT2D eigenvalue weighted by molar-refractivity contribution is 0.0424. The van der Waals surface area contributed by atoms with Gasteiger partial charge in [-0.25, -0.2) is 0 Å². The van der Waals surface area contributed by atoms with Gasteiger partial charge in [0.2, 0.25) is 0 Å². The summed E-state index contributed by atoms with van der Waals surface area (Å²) < 4.78 is 0. The molecule has 2 aliphatic carbocycles. The van der Waals surface area contributed by atoms with Crippen molar-refractivity contribution < 1.29 is 0 Å². The Bertz CT molecular complexity index is 336. The number of hydrogen-bond acceptors (Lipinski definition) is 2. The van der Waals surface area contributed by atoms with Crippen LogP contribution in [0.1, 0.15) is 72.1 Å². The summed E-state index contributed by atoms with van der Waals surface area (Å²) in [5.41, 5.74) is 0.489. The molecule has 3 rings (SSSR count). The van der Waals surface area contributed by atoms with Crippen molar-refractivity contribution >= 4 is 0 Å². The Morgan fingerprint density at radius 3 is 2.62 bits per heavy atom. The van der Waals surface area contributed by atoms with Gasteiger partial charge in [-0.3, -0.25) is 4.90 Å². The Kier molecular flexibility index (Phi) is 4.95. The molecule has 0 bridgehead atoms. The summed E-state index contributed by atoms with van der Waals surface area (Å²) in [6, 6.07) is 1.66. The molecule has 21 heavy (non-hydrogen) atoms. The topological polar surface area (TPSA) is 15.3 Å². The molecule has 1 aliphatic heterocycles. The van der Waals surface area contributed by atoms with E-state index in [0.29, 0.717) is 5.41 Å². The molecule has 3 fully saturated rings. The third-order valence-corrected chi connectivity index (χ3v) is 6.72. The van der Waals surface area contributed by atoms with Crippen LogP contribution in [-0.2, 0) is 0 Å². The molecule has 2 heteroatoms. The van der Waals surface area contributed by atoms with Crippen LogP contribution in [0.5, 0.6) is 0 Å². The predicted octanol–water partition coefficient (Wildman–Crippen LogP) is 4.06. The van der Waals surface area contributed by atoms with Gasteiger partial charge >= 0.3 is 0 Å². The van der Waals surface area contributed by atoms with Crippen molar-refractivity contribution in [3.05, 3.63) is 0 Å². The summed E-state index contributed by atoms with van der Waals surface area (Å²) in [5, 5.41) is 3.82. The first-order valence-electron chi connectivity index (χ1n) is 9.59. The van der Waals surface area contributed by atoms with Gasteiger partial charge in [0.05, 0.1) is 0 Å². The van der Waals surface area contributed by atoms with E-state index in [9.17, 15) is 0 Å². The van der Waals surface area contributed by atoms with Crippen LogP contribution in [-0.4, -0.2) is 36.6 Å². The van der Waals surface area contributed by atoms with Gasteiger partial charge in [-0.2, -0.15) is 0 Å². The molecule has 122 valence electrons. The van der Waals surface area contributed by atoms with Crippen LogP contribution in [0, 0.1) is 17.3 Å². The highest BCUT2D eigenvalue weighted by molar-refractivity contribution is 4.98. The molecular formula is C19H36N2. The van der Waals surface area contributed by atoms with Crippen molar-refractivity contribution in [1.82, 2.24) is 10.2 Å². The van der Waals surface area contributed by atoms with Crippen molar-refractivity contribution in [1.29, 1.82) is 0 Å². The lowest BCUT2D eigenvalue weighted by Crippen LogP contribution is -2.51. The highest BCUT2D eigenvalue weighted by atomic mass is 15.2. The van der Waals surface area contributed by atoms with E-state index in [4.69, 9.17) is 0 Å². The fourth-order valence-corrected chi connectivity index (χ4v) is 5.63. The summed E-state index contributed by atoms with van der Waals surface area (Å²) >= 11 is 0. The van der Waals surface area contributed by atoms with Crippen LogP contribution >= 0.6 is 0 Å². The maximum absolute atomic E-state index is 3.82. The normalized spacial score (nSPS) is 40.1.